The summed E-state index contributed by atoms with van der Waals surface area (Å²) in [5.74, 6) is -1.37. The number of rotatable bonds is 19. The number of fused-ring (bicyclic) bond motifs is 2. The van der Waals surface area contributed by atoms with Gasteiger partial charge in [0.2, 0.25) is 0 Å². The van der Waals surface area contributed by atoms with Gasteiger partial charge in [0.15, 0.2) is 27.9 Å². The lowest BCUT2D eigenvalue weighted by atomic mass is 10.1. The standard InChI is InChI=1S/C28H23N5O19S6/c29-19-7-5-16-18(25(19)32-30-20-8-4-14(12-24(20)57(40,41)42)56(38,39)11-10-46-55-52-49-37)13-23(54-51-48-36)26(27(16)34)33-31-21-9-6-15-17(28(21)58(43,44)45)2-1-3-22(15)53-50-47-35/h1-9,12-13,34-37H,10-11,29H2,(H,40,41,42)(H,43,44,45)/b32-30+,33-31+. The van der Waals surface area contributed by atoms with Gasteiger partial charge < -0.3 is 10.8 Å². The highest BCUT2D eigenvalue weighted by atomic mass is 32.2. The molecule has 0 aromatic heterocycles. The first-order valence-corrected chi connectivity index (χ1v) is 21.5. The lowest BCUT2D eigenvalue weighted by molar-refractivity contribution is -0.434. The van der Waals surface area contributed by atoms with Crippen molar-refractivity contribution >= 4 is 116 Å². The van der Waals surface area contributed by atoms with Gasteiger partial charge in [0.1, 0.15) is 32.5 Å². The lowest BCUT2D eigenvalue weighted by Crippen LogP contribution is -2.12. The Morgan fingerprint density at radius 2 is 1.28 bits per heavy atom. The first-order valence-electron chi connectivity index (χ1n) is 14.9. The van der Waals surface area contributed by atoms with E-state index in [1.807, 2.05) is 0 Å². The van der Waals surface area contributed by atoms with E-state index in [2.05, 4.69) is 48.6 Å². The first-order chi connectivity index (χ1) is 27.5. The van der Waals surface area contributed by atoms with Crippen LogP contribution in [0.15, 0.2) is 112 Å². The molecule has 5 aromatic rings. The van der Waals surface area contributed by atoms with Crippen molar-refractivity contribution in [2.24, 2.45) is 20.5 Å². The number of nitrogens with two attached hydrogens (primary N) is 1. The summed E-state index contributed by atoms with van der Waals surface area (Å²) in [7, 11) is -14.4. The fourth-order valence-electron chi connectivity index (χ4n) is 5.02. The van der Waals surface area contributed by atoms with Gasteiger partial charge >= 0.3 is 0 Å². The smallest absolute Gasteiger partial charge is 0.297 e. The Labute approximate surface area is 338 Å². The fraction of sp³-hybridized carbons (Fsp3) is 0.0714. The summed E-state index contributed by atoms with van der Waals surface area (Å²) in [6.07, 6.45) is 0. The highest BCUT2D eigenvalue weighted by molar-refractivity contribution is 7.95. The Morgan fingerprint density at radius 1 is 0.638 bits per heavy atom. The molecule has 0 amide bonds. The van der Waals surface area contributed by atoms with Crippen LogP contribution in [0.3, 0.4) is 0 Å². The zero-order valence-electron chi connectivity index (χ0n) is 28.1. The number of nitrogens with zero attached hydrogens (tertiary/aromatic N) is 4. The Kier molecular flexibility index (Phi) is 14.9. The van der Waals surface area contributed by atoms with Crippen molar-refractivity contribution in [2.75, 3.05) is 18.1 Å². The van der Waals surface area contributed by atoms with Crippen LogP contribution in [0.1, 0.15) is 0 Å². The SMILES string of the molecule is Nc1ccc2c(O)c(/N=N/c3ccc4c(SOOO)cccc4c3S(=O)(=O)O)c(SOOO)cc2c1/N=N/c1ccc(S(=O)(=O)CCOSOOO)cc1S(=O)(=O)O. The molecule has 0 atom stereocenters. The topological polar surface area (TPSA) is 364 Å². The molecule has 5 aromatic carbocycles. The van der Waals surface area contributed by atoms with Gasteiger partial charge in [0.05, 0.1) is 51.9 Å². The number of phenolic OH excluding ortho intramolecular Hbond substituents is 1. The van der Waals surface area contributed by atoms with Gasteiger partial charge in [-0.15, -0.1) is 33.5 Å². The minimum Gasteiger partial charge on any atom is -0.505 e. The van der Waals surface area contributed by atoms with Gasteiger partial charge in [-0.3, -0.25) is 13.3 Å². The Hall–Kier alpha value is -4.16. The average Bonchev–Trinajstić information content (AvgIpc) is 3.17. The molecule has 0 fully saturated rings. The van der Waals surface area contributed by atoms with Crippen LogP contribution in [0.2, 0.25) is 0 Å². The van der Waals surface area contributed by atoms with Crippen molar-refractivity contribution in [3.8, 4) is 5.75 Å². The second-order valence-electron chi connectivity index (χ2n) is 10.7. The number of sulfone groups is 1. The molecule has 0 bridgehead atoms. The summed E-state index contributed by atoms with van der Waals surface area (Å²) in [4.78, 5) is -2.17. The number of hydrogen-bond donors (Lipinski definition) is 7. The van der Waals surface area contributed by atoms with Crippen molar-refractivity contribution < 1.29 is 87.5 Å². The third-order valence-electron chi connectivity index (χ3n) is 7.38. The zero-order chi connectivity index (χ0) is 42.3. The van der Waals surface area contributed by atoms with Gasteiger partial charge in [-0.05, 0) is 53.9 Å². The van der Waals surface area contributed by atoms with Crippen molar-refractivity contribution in [3.05, 3.63) is 66.7 Å². The van der Waals surface area contributed by atoms with E-state index in [0.717, 1.165) is 12.1 Å². The molecule has 0 heterocycles. The minimum atomic E-state index is -5.14. The number of benzene rings is 5. The van der Waals surface area contributed by atoms with Gasteiger partial charge in [0, 0.05) is 21.1 Å². The van der Waals surface area contributed by atoms with E-state index >= 15 is 0 Å². The molecule has 30 heteroatoms. The largest absolute Gasteiger partial charge is 0.505 e. The van der Waals surface area contributed by atoms with Crippen LogP contribution in [0.4, 0.5) is 28.4 Å². The summed E-state index contributed by atoms with van der Waals surface area (Å²) in [6.45, 7) is -0.500. The molecule has 310 valence electrons. The predicted octanol–water partition coefficient (Wildman–Crippen LogP) is 7.24. The molecule has 5 rings (SSSR count). The third kappa shape index (κ3) is 10.5. The van der Waals surface area contributed by atoms with Crippen molar-refractivity contribution in [1.82, 2.24) is 0 Å². The molecule has 0 aliphatic rings. The van der Waals surface area contributed by atoms with Crippen molar-refractivity contribution in [3.63, 3.8) is 0 Å². The number of anilines is 1. The molecule has 24 nitrogen and oxygen atoms in total. The van der Waals surface area contributed by atoms with E-state index in [9.17, 15) is 39.5 Å². The lowest BCUT2D eigenvalue weighted by Gasteiger charge is -2.12. The molecule has 0 radical (unpaired) electrons. The summed E-state index contributed by atoms with van der Waals surface area (Å²) in [5.41, 5.74) is 4.45. The molecular weight excluding hydrogens is 903 g/mol. The number of nitrogen functional groups attached to an aromatic ring is 1. The maximum absolute atomic E-state index is 12.8. The highest BCUT2D eigenvalue weighted by Gasteiger charge is 2.25. The van der Waals surface area contributed by atoms with Crippen LogP contribution >= 0.6 is 36.4 Å². The zero-order valence-corrected chi connectivity index (χ0v) is 33.0. The highest BCUT2D eigenvalue weighted by Crippen LogP contribution is 2.48. The van der Waals surface area contributed by atoms with Crippen LogP contribution in [-0.4, -0.2) is 67.6 Å². The van der Waals surface area contributed by atoms with Crippen LogP contribution in [0.5, 0.6) is 5.75 Å². The number of azo groups is 2. The summed E-state index contributed by atoms with van der Waals surface area (Å²) < 4.78 is 113. The second kappa shape index (κ2) is 19.3. The first kappa shape index (κ1) is 44.9. The quantitative estimate of drug-likeness (QED) is 0.00815. The summed E-state index contributed by atoms with van der Waals surface area (Å²) >= 11 is 0.901. The van der Waals surface area contributed by atoms with Gasteiger partial charge in [0.25, 0.3) is 20.2 Å². The molecule has 0 aliphatic carbocycles. The van der Waals surface area contributed by atoms with E-state index in [0.29, 0.717) is 18.1 Å². The molecule has 0 aliphatic heterocycles. The van der Waals surface area contributed by atoms with Gasteiger partial charge in [-0.1, -0.05) is 33.3 Å². The second-order valence-corrected chi connectivity index (χ2v) is 17.6. The summed E-state index contributed by atoms with van der Waals surface area (Å²) in [6, 6.07) is 13.1. The van der Waals surface area contributed by atoms with E-state index < -0.39 is 79.9 Å². The normalized spacial score (nSPS) is 12.8. The molecule has 0 unspecified atom stereocenters. The molecular formula is C28H23N5O19S6. The van der Waals surface area contributed by atoms with Crippen LogP contribution < -0.4 is 5.73 Å². The monoisotopic (exact) mass is 925 g/mol. The Bertz CT molecular complexity index is 2740. The van der Waals surface area contributed by atoms with E-state index in [-0.39, 0.29) is 67.1 Å². The molecule has 0 saturated carbocycles. The van der Waals surface area contributed by atoms with Gasteiger partial charge in [-0.25, -0.2) is 24.2 Å². The molecule has 8 N–H and O–H groups in total. The average molecular weight is 926 g/mol. The van der Waals surface area contributed by atoms with Gasteiger partial charge in [-0.2, -0.15) is 16.8 Å². The molecule has 0 saturated heterocycles. The molecule has 58 heavy (non-hydrogen) atoms. The van der Waals surface area contributed by atoms with E-state index in [1.165, 1.54) is 48.5 Å². The van der Waals surface area contributed by atoms with Crippen molar-refractivity contribution in [1.29, 1.82) is 0 Å². The fourth-order valence-corrected chi connectivity index (χ4v) is 9.00. The maximum atomic E-state index is 12.8. The van der Waals surface area contributed by atoms with E-state index in [1.54, 1.807) is 0 Å². The predicted molar refractivity (Wildman–Crippen MR) is 200 cm³/mol. The third-order valence-corrected chi connectivity index (χ3v) is 12.5. The number of phenols is 1. The molecule has 0 spiro atoms. The minimum absolute atomic E-state index is 0.0197. The van der Waals surface area contributed by atoms with Crippen LogP contribution in [0.25, 0.3) is 21.5 Å². The number of hydrogen-bond acceptors (Lipinski definition) is 25. The number of aromatic hydroxyl groups is 1. The maximum Gasteiger partial charge on any atom is 0.297 e. The van der Waals surface area contributed by atoms with Crippen LogP contribution in [-0.2, 0) is 62.4 Å². The van der Waals surface area contributed by atoms with E-state index in [4.69, 9.17) is 25.7 Å². The van der Waals surface area contributed by atoms with Crippen molar-refractivity contribution in [2.45, 2.75) is 24.5 Å². The summed E-state index contributed by atoms with van der Waals surface area (Å²) in [5, 5.41) is 63.5. The Morgan fingerprint density at radius 3 is 1.95 bits per heavy atom. The Balaban J connectivity index is 1.59. The van der Waals surface area contributed by atoms with Crippen LogP contribution in [0, 0.1) is 0 Å².